The van der Waals surface area contributed by atoms with Crippen LogP contribution in [0.1, 0.15) is 16.7 Å². The lowest BCUT2D eigenvalue weighted by Crippen LogP contribution is -2.26. The van der Waals surface area contributed by atoms with Crippen molar-refractivity contribution in [2.75, 3.05) is 0 Å². The molecule has 0 aliphatic carbocycles. The Kier molecular flexibility index (Phi) is 5.45. The Balaban J connectivity index is 1.97. The molecule has 4 aromatic rings. The maximum absolute atomic E-state index is 4.98. The maximum atomic E-state index is 4.98. The molecule has 2 nitrogen and oxygen atoms in total. The first-order valence-corrected chi connectivity index (χ1v) is 9.93. The van der Waals surface area contributed by atoms with E-state index in [9.17, 15) is 0 Å². The van der Waals surface area contributed by atoms with Gasteiger partial charge < -0.3 is 0 Å². The van der Waals surface area contributed by atoms with E-state index >= 15 is 0 Å². The van der Waals surface area contributed by atoms with E-state index in [-0.39, 0.29) is 0 Å². The molecule has 0 radical (unpaired) electrons. The molecule has 4 aromatic carbocycles. The molecule has 0 amide bonds. The molecule has 0 heterocycles. The summed E-state index contributed by atoms with van der Waals surface area (Å²) in [6.07, 6.45) is 0. The van der Waals surface area contributed by atoms with Crippen LogP contribution in [-0.4, -0.2) is 0 Å². The fourth-order valence-electron chi connectivity index (χ4n) is 3.35. The first kappa shape index (κ1) is 18.3. The Morgan fingerprint density at radius 2 is 0.893 bits per heavy atom. The summed E-state index contributed by atoms with van der Waals surface area (Å²) in [6.45, 7) is 0. The zero-order valence-corrected chi connectivity index (χ0v) is 16.8. The quantitative estimate of drug-likeness (QED) is 0.232. The molecule has 0 N–H and O–H groups in total. The van der Waals surface area contributed by atoms with Gasteiger partial charge in [0.2, 0.25) is 0 Å². The average Bonchev–Trinajstić information content (AvgIpc) is 2.78. The summed E-state index contributed by atoms with van der Waals surface area (Å²) >= 11 is 3.47. The number of halogens is 1. The molecule has 0 bridgehead atoms. The second-order valence-corrected chi connectivity index (χ2v) is 7.40. The number of hydrogen-bond donors (Lipinski definition) is 0. The van der Waals surface area contributed by atoms with Crippen LogP contribution in [0.4, 0.5) is 5.69 Å². The molecular weight excluding hydrogens is 408 g/mol. The molecular formula is C25H19BrN2. The lowest BCUT2D eigenvalue weighted by molar-refractivity contribution is 0.618. The lowest BCUT2D eigenvalue weighted by Gasteiger charge is -2.30. The van der Waals surface area contributed by atoms with E-state index in [2.05, 4.69) is 57.4 Å². The van der Waals surface area contributed by atoms with E-state index in [1.807, 2.05) is 78.9 Å². The fourth-order valence-corrected chi connectivity index (χ4v) is 3.62. The van der Waals surface area contributed by atoms with Crippen molar-refractivity contribution in [3.8, 4) is 0 Å². The highest BCUT2D eigenvalue weighted by Crippen LogP contribution is 2.41. The molecule has 4 rings (SSSR count). The van der Waals surface area contributed by atoms with Gasteiger partial charge in [0, 0.05) is 4.47 Å². The van der Waals surface area contributed by atoms with Gasteiger partial charge in [0.15, 0.2) is 5.54 Å². The van der Waals surface area contributed by atoms with Gasteiger partial charge in [-0.25, -0.2) is 0 Å². The Morgan fingerprint density at radius 3 is 1.29 bits per heavy atom. The molecule has 136 valence electrons. The van der Waals surface area contributed by atoms with Gasteiger partial charge in [0.25, 0.3) is 0 Å². The van der Waals surface area contributed by atoms with E-state index in [4.69, 9.17) is 5.11 Å². The van der Waals surface area contributed by atoms with Gasteiger partial charge >= 0.3 is 0 Å². The van der Waals surface area contributed by atoms with Gasteiger partial charge in [-0.15, -0.1) is 0 Å². The van der Waals surface area contributed by atoms with Crippen LogP contribution in [0.5, 0.6) is 0 Å². The van der Waals surface area contributed by atoms with E-state index < -0.39 is 5.54 Å². The summed E-state index contributed by atoms with van der Waals surface area (Å²) < 4.78 is 1.02. The number of azo groups is 1. The van der Waals surface area contributed by atoms with Crippen LogP contribution in [-0.2, 0) is 5.54 Å². The number of rotatable bonds is 5. The predicted molar refractivity (Wildman–Crippen MR) is 118 cm³/mol. The van der Waals surface area contributed by atoms with E-state index in [1.54, 1.807) is 0 Å². The van der Waals surface area contributed by atoms with Crippen molar-refractivity contribution in [3.63, 3.8) is 0 Å². The Morgan fingerprint density at radius 1 is 0.500 bits per heavy atom. The Hall–Kier alpha value is -3.04. The highest BCUT2D eigenvalue weighted by atomic mass is 79.9. The zero-order valence-electron chi connectivity index (χ0n) is 15.2. The van der Waals surface area contributed by atoms with Crippen molar-refractivity contribution in [2.45, 2.75) is 5.54 Å². The first-order valence-electron chi connectivity index (χ1n) is 9.14. The van der Waals surface area contributed by atoms with Crippen LogP contribution >= 0.6 is 15.9 Å². The molecule has 0 saturated heterocycles. The van der Waals surface area contributed by atoms with Crippen molar-refractivity contribution >= 4 is 21.6 Å². The number of hydrogen-bond acceptors (Lipinski definition) is 2. The van der Waals surface area contributed by atoms with Crippen molar-refractivity contribution in [1.82, 2.24) is 0 Å². The van der Waals surface area contributed by atoms with E-state index in [0.29, 0.717) is 0 Å². The number of nitrogens with zero attached hydrogens (tertiary/aromatic N) is 2. The van der Waals surface area contributed by atoms with Crippen LogP contribution in [0.2, 0.25) is 0 Å². The molecule has 0 aliphatic rings. The van der Waals surface area contributed by atoms with E-state index in [0.717, 1.165) is 26.9 Å². The smallest absolute Gasteiger partial charge is 0.157 e. The second-order valence-electron chi connectivity index (χ2n) is 6.48. The highest BCUT2D eigenvalue weighted by Gasteiger charge is 2.36. The second kappa shape index (κ2) is 8.32. The van der Waals surface area contributed by atoms with Gasteiger partial charge in [0.1, 0.15) is 0 Å². The summed E-state index contributed by atoms with van der Waals surface area (Å²) in [4.78, 5) is 0. The van der Waals surface area contributed by atoms with Gasteiger partial charge in [-0.2, -0.15) is 10.2 Å². The predicted octanol–water partition coefficient (Wildman–Crippen LogP) is 7.52. The van der Waals surface area contributed by atoms with Gasteiger partial charge in [-0.1, -0.05) is 107 Å². The lowest BCUT2D eigenvalue weighted by atomic mass is 9.78. The van der Waals surface area contributed by atoms with Gasteiger partial charge in [0.05, 0.1) is 5.69 Å². The minimum absolute atomic E-state index is 0.725. The van der Waals surface area contributed by atoms with Crippen LogP contribution in [0.3, 0.4) is 0 Å². The largest absolute Gasteiger partial charge is 0.167 e. The van der Waals surface area contributed by atoms with E-state index in [1.165, 1.54) is 0 Å². The molecule has 0 aromatic heterocycles. The standard InChI is InChI=1S/C25H19BrN2/c26-23-16-18-24(19-17-23)27-28-25(20-10-4-1-5-11-20,21-12-6-2-7-13-21)22-14-8-3-9-15-22/h1-19H. The van der Waals surface area contributed by atoms with Gasteiger partial charge in [-0.3, -0.25) is 0 Å². The molecule has 0 atom stereocenters. The number of benzene rings is 4. The first-order chi connectivity index (χ1) is 13.8. The molecule has 3 heteroatoms. The van der Waals surface area contributed by atoms with Crippen molar-refractivity contribution in [2.24, 2.45) is 10.2 Å². The normalized spacial score (nSPS) is 11.6. The van der Waals surface area contributed by atoms with Crippen LogP contribution in [0.15, 0.2) is 130 Å². The average molecular weight is 427 g/mol. The van der Waals surface area contributed by atoms with Crippen LogP contribution in [0.25, 0.3) is 0 Å². The minimum Gasteiger partial charge on any atom is -0.167 e. The third-order valence-electron chi connectivity index (χ3n) is 4.72. The highest BCUT2D eigenvalue weighted by molar-refractivity contribution is 9.10. The third-order valence-corrected chi connectivity index (χ3v) is 5.25. The molecule has 0 fully saturated rings. The monoisotopic (exact) mass is 426 g/mol. The summed E-state index contributed by atoms with van der Waals surface area (Å²) in [5.74, 6) is 0. The van der Waals surface area contributed by atoms with Crippen molar-refractivity contribution in [3.05, 3.63) is 136 Å². The SMILES string of the molecule is Brc1ccc(N=NC(c2ccccc2)(c2ccccc2)c2ccccc2)cc1. The summed E-state index contributed by atoms with van der Waals surface area (Å²) in [5.41, 5.74) is 3.32. The molecule has 28 heavy (non-hydrogen) atoms. The Labute approximate surface area is 173 Å². The molecule has 0 saturated carbocycles. The van der Waals surface area contributed by atoms with Crippen LogP contribution < -0.4 is 0 Å². The zero-order chi connectivity index (χ0) is 19.2. The molecule has 0 unspecified atom stereocenters. The van der Waals surface area contributed by atoms with Gasteiger partial charge in [-0.05, 0) is 41.0 Å². The fraction of sp³-hybridized carbons (Fsp3) is 0.0400. The maximum Gasteiger partial charge on any atom is 0.157 e. The van der Waals surface area contributed by atoms with Crippen molar-refractivity contribution < 1.29 is 0 Å². The summed E-state index contributed by atoms with van der Waals surface area (Å²) in [6, 6.07) is 38.9. The summed E-state index contributed by atoms with van der Waals surface area (Å²) in [5, 5.41) is 9.63. The molecule has 0 spiro atoms. The molecule has 0 aliphatic heterocycles. The third kappa shape index (κ3) is 3.67. The minimum atomic E-state index is -0.725. The van der Waals surface area contributed by atoms with Crippen LogP contribution in [0, 0.1) is 0 Å². The topological polar surface area (TPSA) is 24.7 Å². The summed E-state index contributed by atoms with van der Waals surface area (Å²) in [7, 11) is 0. The Bertz CT molecular complexity index is 947. The van der Waals surface area contributed by atoms with Crippen molar-refractivity contribution in [1.29, 1.82) is 0 Å².